The van der Waals surface area contributed by atoms with Gasteiger partial charge in [-0.1, -0.05) is 29.8 Å². The Labute approximate surface area is 156 Å². The molecule has 117 valence electrons. The molecule has 1 atom stereocenters. The van der Waals surface area contributed by atoms with Crippen LogP contribution in [0.4, 0.5) is 0 Å². The fourth-order valence-electron chi connectivity index (χ4n) is 2.23. The topological polar surface area (TPSA) is 26.3 Å². The maximum absolute atomic E-state index is 12.6. The number of ether oxygens (including phenoxy) is 1. The molecular weight excluding hydrogens is 322 g/mol. The molecule has 0 saturated carbocycles. The minimum absolute atomic E-state index is 0. The summed E-state index contributed by atoms with van der Waals surface area (Å²) < 4.78 is 5.67. The van der Waals surface area contributed by atoms with E-state index in [1.165, 1.54) is 0 Å². The van der Waals surface area contributed by atoms with Crippen LogP contribution in [0.5, 0.6) is 5.75 Å². The Morgan fingerprint density at radius 2 is 1.83 bits per heavy atom. The molecule has 0 amide bonds. The van der Waals surface area contributed by atoms with Gasteiger partial charge >= 0.3 is 0 Å². The first kappa shape index (κ1) is 20.3. The molecule has 0 heterocycles. The van der Waals surface area contributed by atoms with Gasteiger partial charge in [-0.3, -0.25) is 4.79 Å². The van der Waals surface area contributed by atoms with Crippen molar-refractivity contribution in [3.05, 3.63) is 58.1 Å². The van der Waals surface area contributed by atoms with Crippen molar-refractivity contribution in [3.63, 3.8) is 0 Å². The van der Waals surface area contributed by atoms with Gasteiger partial charge in [-0.2, -0.15) is 0 Å². The van der Waals surface area contributed by atoms with E-state index in [0.717, 1.165) is 22.2 Å². The van der Waals surface area contributed by atoms with E-state index in [2.05, 4.69) is 0 Å². The predicted octanol–water partition coefficient (Wildman–Crippen LogP) is 4.51. The molecule has 0 aliphatic rings. The number of hydrogen-bond donors (Lipinski definition) is 0. The summed E-state index contributed by atoms with van der Waals surface area (Å²) in [6.07, 6.45) is 0.139. The molecule has 23 heavy (non-hydrogen) atoms. The number of aryl methyl sites for hydroxylation is 2. The number of halogens is 1. The van der Waals surface area contributed by atoms with Crippen LogP contribution in [0.1, 0.15) is 35.3 Å². The SMILES string of the molecule is Cc1cc(OC(C)C)ccc1PC(=O)c1c(C)cccc1Cl.[Li]. The van der Waals surface area contributed by atoms with Crippen LogP contribution in [0.25, 0.3) is 0 Å². The first-order valence-electron chi connectivity index (χ1n) is 7.22. The summed E-state index contributed by atoms with van der Waals surface area (Å²) >= 11 is 6.18. The van der Waals surface area contributed by atoms with Crippen molar-refractivity contribution in [2.75, 3.05) is 0 Å². The molecular formula is C18H20ClLiO2P. The quantitative estimate of drug-likeness (QED) is 0.591. The van der Waals surface area contributed by atoms with Crippen LogP contribution in [-0.2, 0) is 0 Å². The van der Waals surface area contributed by atoms with E-state index < -0.39 is 0 Å². The van der Waals surface area contributed by atoms with Crippen molar-refractivity contribution >= 4 is 49.9 Å². The first-order chi connectivity index (χ1) is 10.4. The maximum atomic E-state index is 12.6. The first-order valence-corrected chi connectivity index (χ1v) is 8.60. The Morgan fingerprint density at radius 1 is 1.13 bits per heavy atom. The van der Waals surface area contributed by atoms with Gasteiger partial charge < -0.3 is 4.74 Å². The number of benzene rings is 2. The molecule has 2 aromatic carbocycles. The number of hydrogen-bond acceptors (Lipinski definition) is 2. The Morgan fingerprint density at radius 3 is 2.39 bits per heavy atom. The minimum Gasteiger partial charge on any atom is -0.491 e. The fraction of sp³-hybridized carbons (Fsp3) is 0.278. The fourth-order valence-corrected chi connectivity index (χ4v) is 3.75. The molecule has 2 rings (SSSR count). The average Bonchev–Trinajstić information content (AvgIpc) is 2.41. The Kier molecular flexibility index (Phi) is 7.85. The zero-order valence-corrected chi connectivity index (χ0v) is 16.0. The molecule has 0 aliphatic carbocycles. The van der Waals surface area contributed by atoms with Crippen LogP contribution >= 0.6 is 20.2 Å². The molecule has 1 radical (unpaired) electrons. The third-order valence-corrected chi connectivity index (χ3v) is 4.89. The maximum Gasteiger partial charge on any atom is 0.187 e. The third kappa shape index (κ3) is 5.37. The van der Waals surface area contributed by atoms with Crippen LogP contribution in [0.3, 0.4) is 0 Å². The average molecular weight is 342 g/mol. The van der Waals surface area contributed by atoms with E-state index in [1.807, 2.05) is 58.0 Å². The van der Waals surface area contributed by atoms with Crippen LogP contribution in [0.15, 0.2) is 36.4 Å². The molecule has 0 aliphatic heterocycles. The molecule has 0 spiro atoms. The molecule has 0 bridgehead atoms. The minimum atomic E-state index is 0. The number of rotatable bonds is 5. The second kappa shape index (κ2) is 8.91. The summed E-state index contributed by atoms with van der Waals surface area (Å²) in [7, 11) is 0.0607. The summed E-state index contributed by atoms with van der Waals surface area (Å²) in [5.74, 6) is 0.836. The van der Waals surface area contributed by atoms with E-state index in [0.29, 0.717) is 10.6 Å². The summed E-state index contributed by atoms with van der Waals surface area (Å²) in [6.45, 7) is 7.90. The van der Waals surface area contributed by atoms with Crippen LogP contribution in [0, 0.1) is 13.8 Å². The molecule has 0 aromatic heterocycles. The summed E-state index contributed by atoms with van der Waals surface area (Å²) in [5, 5.41) is 1.55. The third-order valence-electron chi connectivity index (χ3n) is 3.27. The van der Waals surface area contributed by atoms with E-state index in [4.69, 9.17) is 16.3 Å². The molecule has 1 unspecified atom stereocenters. The molecule has 0 N–H and O–H groups in total. The molecule has 0 fully saturated rings. The molecule has 5 heteroatoms. The van der Waals surface area contributed by atoms with Gasteiger partial charge in [-0.15, -0.1) is 0 Å². The van der Waals surface area contributed by atoms with Crippen molar-refractivity contribution in [3.8, 4) is 5.75 Å². The van der Waals surface area contributed by atoms with E-state index >= 15 is 0 Å². The monoisotopic (exact) mass is 341 g/mol. The summed E-state index contributed by atoms with van der Waals surface area (Å²) in [6, 6.07) is 11.4. The van der Waals surface area contributed by atoms with Crippen molar-refractivity contribution in [2.24, 2.45) is 0 Å². The Balaban J connectivity index is 0.00000264. The van der Waals surface area contributed by atoms with Crippen molar-refractivity contribution in [1.82, 2.24) is 0 Å². The van der Waals surface area contributed by atoms with Gasteiger partial charge in [0.2, 0.25) is 0 Å². The predicted molar refractivity (Wildman–Crippen MR) is 101 cm³/mol. The zero-order chi connectivity index (χ0) is 16.3. The molecule has 0 saturated heterocycles. The van der Waals surface area contributed by atoms with E-state index in [1.54, 1.807) is 6.07 Å². The van der Waals surface area contributed by atoms with Gasteiger partial charge in [-0.25, -0.2) is 0 Å². The van der Waals surface area contributed by atoms with Crippen molar-refractivity contribution in [2.45, 2.75) is 33.8 Å². The molecule has 2 nitrogen and oxygen atoms in total. The van der Waals surface area contributed by atoms with E-state index in [-0.39, 0.29) is 39.1 Å². The van der Waals surface area contributed by atoms with Gasteiger partial charge in [0.05, 0.1) is 11.1 Å². The van der Waals surface area contributed by atoms with Gasteiger partial charge in [0.15, 0.2) is 5.52 Å². The second-order valence-corrected chi connectivity index (χ2v) is 7.18. The molecule has 2 aromatic rings. The van der Waals surface area contributed by atoms with Gasteiger partial charge in [0.25, 0.3) is 0 Å². The van der Waals surface area contributed by atoms with Crippen molar-refractivity contribution < 1.29 is 9.53 Å². The second-order valence-electron chi connectivity index (χ2n) is 5.53. The van der Waals surface area contributed by atoms with Crippen molar-refractivity contribution in [1.29, 1.82) is 0 Å². The van der Waals surface area contributed by atoms with Gasteiger partial charge in [0, 0.05) is 24.4 Å². The zero-order valence-electron chi connectivity index (χ0n) is 14.2. The number of carbonyl (C=O) groups is 1. The van der Waals surface area contributed by atoms with E-state index in [9.17, 15) is 4.79 Å². The smallest absolute Gasteiger partial charge is 0.187 e. The van der Waals surface area contributed by atoms with Gasteiger partial charge in [0.1, 0.15) is 5.75 Å². The summed E-state index contributed by atoms with van der Waals surface area (Å²) in [4.78, 5) is 12.6. The van der Waals surface area contributed by atoms with Crippen LogP contribution in [0.2, 0.25) is 5.02 Å². The Bertz CT molecular complexity index is 681. The number of carbonyl (C=O) groups excluding carboxylic acids is 1. The van der Waals surface area contributed by atoms with Crippen LogP contribution in [-0.4, -0.2) is 30.5 Å². The largest absolute Gasteiger partial charge is 0.491 e. The van der Waals surface area contributed by atoms with Crippen LogP contribution < -0.4 is 10.0 Å². The normalized spacial score (nSPS) is 10.9. The van der Waals surface area contributed by atoms with Gasteiger partial charge in [-0.05, 0) is 70.9 Å². The standard InChI is InChI=1S/C18H20ClO2P.Li/c1-11(2)21-14-8-9-16(13(4)10-14)22-18(20)17-12(3)6-5-7-15(17)19;/h5-11,22H,1-4H3;. The summed E-state index contributed by atoms with van der Waals surface area (Å²) in [5.41, 5.74) is 2.69. The Hall–Kier alpha value is -0.773.